The SMILES string of the molecule is CCN1CCC(c2nc(C(=O)O)cs2)CC1. The number of carbonyl (C=O) groups is 1. The van der Waals surface area contributed by atoms with Gasteiger partial charge in [0.15, 0.2) is 5.69 Å². The topological polar surface area (TPSA) is 53.4 Å². The number of nitrogens with zero attached hydrogens (tertiary/aromatic N) is 2. The molecular formula is C11H16N2O2S. The average molecular weight is 240 g/mol. The largest absolute Gasteiger partial charge is 0.476 e. The average Bonchev–Trinajstić information content (AvgIpc) is 2.78. The van der Waals surface area contributed by atoms with E-state index in [1.807, 2.05) is 0 Å². The van der Waals surface area contributed by atoms with Crippen molar-refractivity contribution in [3.63, 3.8) is 0 Å². The van der Waals surface area contributed by atoms with Gasteiger partial charge >= 0.3 is 5.97 Å². The molecule has 0 spiro atoms. The summed E-state index contributed by atoms with van der Waals surface area (Å²) in [5.74, 6) is -0.464. The van der Waals surface area contributed by atoms with Crippen molar-refractivity contribution in [2.24, 2.45) is 0 Å². The predicted octanol–water partition coefficient (Wildman–Crippen LogP) is 2.04. The molecule has 1 N–H and O–H groups in total. The van der Waals surface area contributed by atoms with E-state index in [4.69, 9.17) is 5.11 Å². The number of aromatic nitrogens is 1. The van der Waals surface area contributed by atoms with Crippen LogP contribution in [-0.4, -0.2) is 40.6 Å². The van der Waals surface area contributed by atoms with E-state index in [2.05, 4.69) is 16.8 Å². The second kappa shape index (κ2) is 4.93. The standard InChI is InChI=1S/C11H16N2O2S/c1-2-13-5-3-8(4-6-13)10-12-9(7-16-10)11(14)15/h7-8H,2-6H2,1H3,(H,14,15). The maximum Gasteiger partial charge on any atom is 0.355 e. The van der Waals surface area contributed by atoms with Crippen LogP contribution in [0.3, 0.4) is 0 Å². The van der Waals surface area contributed by atoms with Crippen molar-refractivity contribution in [1.29, 1.82) is 0 Å². The van der Waals surface area contributed by atoms with E-state index in [1.165, 1.54) is 11.3 Å². The molecule has 2 rings (SSSR count). The number of hydrogen-bond acceptors (Lipinski definition) is 4. The van der Waals surface area contributed by atoms with Gasteiger partial charge in [-0.05, 0) is 32.5 Å². The van der Waals surface area contributed by atoms with Crippen LogP contribution in [-0.2, 0) is 0 Å². The first-order valence-corrected chi connectivity index (χ1v) is 6.49. The Morgan fingerprint density at radius 3 is 2.81 bits per heavy atom. The lowest BCUT2D eigenvalue weighted by atomic mass is 9.98. The maximum absolute atomic E-state index is 10.7. The van der Waals surface area contributed by atoms with Crippen LogP contribution in [0.15, 0.2) is 5.38 Å². The summed E-state index contributed by atoms with van der Waals surface area (Å²) in [5.41, 5.74) is 0.193. The molecule has 5 heteroatoms. The van der Waals surface area contributed by atoms with E-state index in [0.29, 0.717) is 5.92 Å². The Morgan fingerprint density at radius 1 is 1.62 bits per heavy atom. The predicted molar refractivity (Wildman–Crippen MR) is 63.2 cm³/mol. The zero-order chi connectivity index (χ0) is 11.5. The number of carboxylic acid groups (broad SMARTS) is 1. The van der Waals surface area contributed by atoms with E-state index in [1.54, 1.807) is 5.38 Å². The van der Waals surface area contributed by atoms with Crippen LogP contribution in [0.25, 0.3) is 0 Å². The molecule has 16 heavy (non-hydrogen) atoms. The van der Waals surface area contributed by atoms with Gasteiger partial charge in [0.25, 0.3) is 0 Å². The molecule has 0 bridgehead atoms. The number of piperidine rings is 1. The normalized spacial score (nSPS) is 18.8. The van der Waals surface area contributed by atoms with Crippen molar-refractivity contribution in [3.05, 3.63) is 16.1 Å². The summed E-state index contributed by atoms with van der Waals surface area (Å²) < 4.78 is 0. The van der Waals surface area contributed by atoms with Crippen LogP contribution in [0.2, 0.25) is 0 Å². The lowest BCUT2D eigenvalue weighted by Crippen LogP contribution is -2.32. The van der Waals surface area contributed by atoms with Gasteiger partial charge in [-0.3, -0.25) is 0 Å². The first-order chi connectivity index (χ1) is 7.70. The number of likely N-dealkylation sites (tertiary alicyclic amines) is 1. The van der Waals surface area contributed by atoms with Crippen LogP contribution in [0, 0.1) is 0 Å². The minimum absolute atomic E-state index is 0.193. The van der Waals surface area contributed by atoms with Gasteiger partial charge in [0.05, 0.1) is 5.01 Å². The van der Waals surface area contributed by atoms with Gasteiger partial charge < -0.3 is 10.0 Å². The minimum Gasteiger partial charge on any atom is -0.476 e. The van der Waals surface area contributed by atoms with Crippen molar-refractivity contribution in [3.8, 4) is 0 Å². The smallest absolute Gasteiger partial charge is 0.355 e. The lowest BCUT2D eigenvalue weighted by molar-refractivity contribution is 0.0691. The zero-order valence-corrected chi connectivity index (χ0v) is 10.2. The quantitative estimate of drug-likeness (QED) is 0.878. The Balaban J connectivity index is 2.00. The van der Waals surface area contributed by atoms with Gasteiger partial charge in [0.2, 0.25) is 0 Å². The highest BCUT2D eigenvalue weighted by Crippen LogP contribution is 2.30. The van der Waals surface area contributed by atoms with Crippen molar-refractivity contribution >= 4 is 17.3 Å². The minimum atomic E-state index is -0.923. The Labute approximate surface area is 98.9 Å². The number of thiazole rings is 1. The summed E-state index contributed by atoms with van der Waals surface area (Å²) in [6.07, 6.45) is 2.20. The zero-order valence-electron chi connectivity index (χ0n) is 9.35. The summed E-state index contributed by atoms with van der Waals surface area (Å²) in [6, 6.07) is 0. The van der Waals surface area contributed by atoms with Crippen molar-refractivity contribution in [1.82, 2.24) is 9.88 Å². The van der Waals surface area contributed by atoms with Gasteiger partial charge in [0, 0.05) is 11.3 Å². The molecule has 1 aromatic heterocycles. The second-order valence-corrected chi connectivity index (χ2v) is 4.97. The molecule has 1 saturated heterocycles. The van der Waals surface area contributed by atoms with E-state index < -0.39 is 5.97 Å². The summed E-state index contributed by atoms with van der Waals surface area (Å²) in [6.45, 7) is 5.48. The van der Waals surface area contributed by atoms with Crippen LogP contribution >= 0.6 is 11.3 Å². The molecule has 1 fully saturated rings. The van der Waals surface area contributed by atoms with Gasteiger partial charge in [-0.25, -0.2) is 9.78 Å². The molecule has 0 unspecified atom stereocenters. The van der Waals surface area contributed by atoms with E-state index >= 15 is 0 Å². The molecule has 4 nitrogen and oxygen atoms in total. The fourth-order valence-electron chi connectivity index (χ4n) is 2.07. The third-order valence-electron chi connectivity index (χ3n) is 3.13. The van der Waals surface area contributed by atoms with Crippen molar-refractivity contribution in [2.45, 2.75) is 25.7 Å². The Bertz CT molecular complexity index is 370. The summed E-state index contributed by atoms with van der Waals surface area (Å²) in [4.78, 5) is 17.3. The Kier molecular flexibility index (Phi) is 3.56. The van der Waals surface area contributed by atoms with Gasteiger partial charge in [-0.2, -0.15) is 0 Å². The highest BCUT2D eigenvalue weighted by Gasteiger charge is 2.22. The molecule has 1 aliphatic rings. The first kappa shape index (κ1) is 11.5. The van der Waals surface area contributed by atoms with E-state index in [0.717, 1.165) is 37.5 Å². The molecule has 0 aromatic carbocycles. The third kappa shape index (κ3) is 2.41. The number of hydrogen-bond donors (Lipinski definition) is 1. The molecule has 0 aliphatic carbocycles. The molecule has 0 atom stereocenters. The second-order valence-electron chi connectivity index (χ2n) is 4.08. The Hall–Kier alpha value is -0.940. The first-order valence-electron chi connectivity index (χ1n) is 5.61. The fourth-order valence-corrected chi connectivity index (χ4v) is 3.03. The molecule has 0 saturated carbocycles. The molecule has 1 aliphatic heterocycles. The molecule has 1 aromatic rings. The lowest BCUT2D eigenvalue weighted by Gasteiger charge is -2.29. The summed E-state index contributed by atoms with van der Waals surface area (Å²) >= 11 is 1.48. The molecule has 2 heterocycles. The van der Waals surface area contributed by atoms with Crippen LogP contribution in [0.4, 0.5) is 0 Å². The number of aromatic carboxylic acids is 1. The van der Waals surface area contributed by atoms with Gasteiger partial charge in [-0.15, -0.1) is 11.3 Å². The van der Waals surface area contributed by atoms with E-state index in [-0.39, 0.29) is 5.69 Å². The van der Waals surface area contributed by atoms with Crippen LogP contribution in [0.5, 0.6) is 0 Å². The van der Waals surface area contributed by atoms with E-state index in [9.17, 15) is 4.79 Å². The van der Waals surface area contributed by atoms with Crippen LogP contribution in [0.1, 0.15) is 41.2 Å². The summed E-state index contributed by atoms with van der Waals surface area (Å²) in [7, 11) is 0. The molecule has 88 valence electrons. The maximum atomic E-state index is 10.7. The number of rotatable bonds is 3. The summed E-state index contributed by atoms with van der Waals surface area (Å²) in [5, 5.41) is 11.4. The van der Waals surface area contributed by atoms with Gasteiger partial charge in [0.1, 0.15) is 0 Å². The third-order valence-corrected chi connectivity index (χ3v) is 4.13. The van der Waals surface area contributed by atoms with Crippen LogP contribution < -0.4 is 0 Å². The Morgan fingerprint density at radius 2 is 2.31 bits per heavy atom. The highest BCUT2D eigenvalue weighted by molar-refractivity contribution is 7.09. The highest BCUT2D eigenvalue weighted by atomic mass is 32.1. The van der Waals surface area contributed by atoms with Crippen molar-refractivity contribution in [2.75, 3.05) is 19.6 Å². The van der Waals surface area contributed by atoms with Gasteiger partial charge in [-0.1, -0.05) is 6.92 Å². The molecule has 0 amide bonds. The molecule has 0 radical (unpaired) electrons. The monoisotopic (exact) mass is 240 g/mol. The fraction of sp³-hybridized carbons (Fsp3) is 0.636. The van der Waals surface area contributed by atoms with Crippen molar-refractivity contribution < 1.29 is 9.90 Å². The number of carboxylic acids is 1. The molecular weight excluding hydrogens is 224 g/mol.